The number of pyridine rings is 1. The number of aromatic nitrogens is 1. The molecule has 0 aliphatic heterocycles. The molecule has 25 heavy (non-hydrogen) atoms. The monoisotopic (exact) mass is 353 g/mol. The molecule has 0 aliphatic carbocycles. The SMILES string of the molecule is NC(=O)[C@H](Cc1ccc(Cl)cc1)NC(=O)c1cccc2cccnc12. The molecule has 5 nitrogen and oxygen atoms in total. The zero-order valence-corrected chi connectivity index (χ0v) is 14.0. The first kappa shape index (κ1) is 16.9. The van der Waals surface area contributed by atoms with Crippen molar-refractivity contribution in [3.8, 4) is 0 Å². The van der Waals surface area contributed by atoms with E-state index in [0.29, 0.717) is 16.1 Å². The molecule has 3 aromatic rings. The van der Waals surface area contributed by atoms with Gasteiger partial charge in [-0.3, -0.25) is 14.6 Å². The lowest BCUT2D eigenvalue weighted by molar-refractivity contribution is -0.119. The molecule has 0 saturated carbocycles. The summed E-state index contributed by atoms with van der Waals surface area (Å²) in [6.45, 7) is 0. The van der Waals surface area contributed by atoms with Crippen molar-refractivity contribution in [3.63, 3.8) is 0 Å². The number of para-hydroxylation sites is 1. The first-order valence-electron chi connectivity index (χ1n) is 7.73. The lowest BCUT2D eigenvalue weighted by Gasteiger charge is -2.16. The second-order valence-electron chi connectivity index (χ2n) is 5.64. The molecule has 126 valence electrons. The number of benzene rings is 2. The quantitative estimate of drug-likeness (QED) is 0.739. The van der Waals surface area contributed by atoms with Gasteiger partial charge in [-0.2, -0.15) is 0 Å². The number of carbonyl (C=O) groups excluding carboxylic acids is 2. The molecule has 1 heterocycles. The average molecular weight is 354 g/mol. The van der Waals surface area contributed by atoms with Gasteiger partial charge in [-0.25, -0.2) is 0 Å². The molecule has 0 fully saturated rings. The molecular weight excluding hydrogens is 338 g/mol. The highest BCUT2D eigenvalue weighted by Gasteiger charge is 2.21. The first-order chi connectivity index (χ1) is 12.0. The number of hydrogen-bond donors (Lipinski definition) is 2. The van der Waals surface area contributed by atoms with Gasteiger partial charge in [0.1, 0.15) is 6.04 Å². The van der Waals surface area contributed by atoms with E-state index in [9.17, 15) is 9.59 Å². The molecule has 3 N–H and O–H groups in total. The Labute approximate surface area is 149 Å². The van der Waals surface area contributed by atoms with E-state index in [1.165, 1.54) is 0 Å². The van der Waals surface area contributed by atoms with Crippen molar-refractivity contribution in [3.05, 3.63) is 76.9 Å². The third-order valence-corrected chi connectivity index (χ3v) is 4.13. The number of nitrogens with two attached hydrogens (primary N) is 1. The Bertz CT molecular complexity index is 920. The second kappa shape index (κ2) is 7.32. The third kappa shape index (κ3) is 3.95. The van der Waals surface area contributed by atoms with Gasteiger partial charge in [0.2, 0.25) is 5.91 Å². The van der Waals surface area contributed by atoms with Crippen molar-refractivity contribution in [1.29, 1.82) is 0 Å². The first-order valence-corrected chi connectivity index (χ1v) is 8.11. The van der Waals surface area contributed by atoms with Crippen LogP contribution >= 0.6 is 11.6 Å². The van der Waals surface area contributed by atoms with E-state index >= 15 is 0 Å². The van der Waals surface area contributed by atoms with Gasteiger partial charge in [0.05, 0.1) is 11.1 Å². The normalized spacial score (nSPS) is 11.9. The van der Waals surface area contributed by atoms with Gasteiger partial charge in [-0.05, 0) is 29.8 Å². The minimum Gasteiger partial charge on any atom is -0.368 e. The maximum absolute atomic E-state index is 12.6. The molecule has 0 bridgehead atoms. The molecule has 0 unspecified atom stereocenters. The Morgan fingerprint density at radius 1 is 1.08 bits per heavy atom. The van der Waals surface area contributed by atoms with E-state index in [4.69, 9.17) is 17.3 Å². The molecule has 0 radical (unpaired) electrons. The number of halogens is 1. The maximum atomic E-state index is 12.6. The molecule has 2 aromatic carbocycles. The van der Waals surface area contributed by atoms with Crippen molar-refractivity contribution >= 4 is 34.3 Å². The van der Waals surface area contributed by atoms with Gasteiger partial charge in [0.25, 0.3) is 5.91 Å². The van der Waals surface area contributed by atoms with Crippen molar-refractivity contribution in [2.45, 2.75) is 12.5 Å². The minimum atomic E-state index is -0.826. The highest BCUT2D eigenvalue weighted by Crippen LogP contribution is 2.16. The van der Waals surface area contributed by atoms with Gasteiger partial charge in [0, 0.05) is 23.0 Å². The van der Waals surface area contributed by atoms with E-state index < -0.39 is 11.9 Å². The van der Waals surface area contributed by atoms with Crippen LogP contribution in [0.5, 0.6) is 0 Å². The summed E-state index contributed by atoms with van der Waals surface area (Å²) >= 11 is 5.86. The summed E-state index contributed by atoms with van der Waals surface area (Å²) in [5, 5.41) is 4.15. The number of nitrogens with zero attached hydrogens (tertiary/aromatic N) is 1. The minimum absolute atomic E-state index is 0.288. The van der Waals surface area contributed by atoms with Gasteiger partial charge in [-0.15, -0.1) is 0 Å². The van der Waals surface area contributed by atoms with Crippen LogP contribution in [0.1, 0.15) is 15.9 Å². The Morgan fingerprint density at radius 3 is 2.52 bits per heavy atom. The Kier molecular flexibility index (Phi) is 4.95. The standard InChI is InChI=1S/C19H16ClN3O2/c20-14-8-6-12(7-9-14)11-16(18(21)24)23-19(25)15-5-1-3-13-4-2-10-22-17(13)15/h1-10,16H,11H2,(H2,21,24)(H,23,25)/t16-/m0/s1. The summed E-state index contributed by atoms with van der Waals surface area (Å²) in [6.07, 6.45) is 1.91. The maximum Gasteiger partial charge on any atom is 0.254 e. The lowest BCUT2D eigenvalue weighted by Crippen LogP contribution is -2.45. The van der Waals surface area contributed by atoms with Crippen LogP contribution in [0.3, 0.4) is 0 Å². The van der Waals surface area contributed by atoms with Gasteiger partial charge >= 0.3 is 0 Å². The average Bonchev–Trinajstić information content (AvgIpc) is 2.62. The topological polar surface area (TPSA) is 85.1 Å². The fraction of sp³-hybridized carbons (Fsp3) is 0.105. The van der Waals surface area contributed by atoms with Gasteiger partial charge < -0.3 is 11.1 Å². The number of carbonyl (C=O) groups is 2. The van der Waals surface area contributed by atoms with E-state index in [1.807, 2.05) is 12.1 Å². The van der Waals surface area contributed by atoms with E-state index in [-0.39, 0.29) is 12.3 Å². The largest absolute Gasteiger partial charge is 0.368 e. The molecule has 0 spiro atoms. The van der Waals surface area contributed by atoms with Crippen LogP contribution in [-0.2, 0) is 11.2 Å². The summed E-state index contributed by atoms with van der Waals surface area (Å²) in [4.78, 5) is 28.7. The van der Waals surface area contributed by atoms with Crippen molar-refractivity contribution in [2.24, 2.45) is 5.73 Å². The number of nitrogens with one attached hydrogen (secondary N) is 1. The van der Waals surface area contributed by atoms with Gasteiger partial charge in [0.15, 0.2) is 0 Å². The van der Waals surface area contributed by atoms with Crippen molar-refractivity contribution in [1.82, 2.24) is 10.3 Å². The highest BCUT2D eigenvalue weighted by molar-refractivity contribution is 6.30. The third-order valence-electron chi connectivity index (χ3n) is 3.88. The Balaban J connectivity index is 1.83. The highest BCUT2D eigenvalue weighted by atomic mass is 35.5. The fourth-order valence-corrected chi connectivity index (χ4v) is 2.73. The summed E-state index contributed by atoms with van der Waals surface area (Å²) < 4.78 is 0. The number of fused-ring (bicyclic) bond motifs is 1. The molecule has 0 aliphatic rings. The van der Waals surface area contributed by atoms with Crippen LogP contribution in [0.25, 0.3) is 10.9 Å². The van der Waals surface area contributed by atoms with E-state index in [0.717, 1.165) is 10.9 Å². The van der Waals surface area contributed by atoms with Crippen LogP contribution in [0.2, 0.25) is 5.02 Å². The van der Waals surface area contributed by atoms with E-state index in [1.54, 1.807) is 48.7 Å². The zero-order chi connectivity index (χ0) is 17.8. The number of rotatable bonds is 5. The molecule has 1 aromatic heterocycles. The molecule has 3 rings (SSSR count). The summed E-state index contributed by atoms with van der Waals surface area (Å²) in [5.41, 5.74) is 7.29. The van der Waals surface area contributed by atoms with Crippen LogP contribution in [-0.4, -0.2) is 22.8 Å². The summed E-state index contributed by atoms with van der Waals surface area (Å²) in [5.74, 6) is -0.987. The van der Waals surface area contributed by atoms with Crippen LogP contribution in [0.4, 0.5) is 0 Å². The lowest BCUT2D eigenvalue weighted by atomic mass is 10.0. The van der Waals surface area contributed by atoms with Crippen molar-refractivity contribution < 1.29 is 9.59 Å². The second-order valence-corrected chi connectivity index (χ2v) is 6.08. The summed E-state index contributed by atoms with van der Waals surface area (Å²) in [7, 11) is 0. The molecule has 1 atom stereocenters. The number of amides is 2. The van der Waals surface area contributed by atoms with Crippen LogP contribution < -0.4 is 11.1 Å². The Hall–Kier alpha value is -2.92. The molecular formula is C19H16ClN3O2. The zero-order valence-electron chi connectivity index (χ0n) is 13.3. The predicted octanol–water partition coefficient (Wildman–Crippen LogP) is 2.71. The number of primary amides is 1. The predicted molar refractivity (Wildman–Crippen MR) is 97.3 cm³/mol. The van der Waals surface area contributed by atoms with Crippen molar-refractivity contribution in [2.75, 3.05) is 0 Å². The van der Waals surface area contributed by atoms with E-state index in [2.05, 4.69) is 10.3 Å². The molecule has 6 heteroatoms. The molecule has 0 saturated heterocycles. The summed E-state index contributed by atoms with van der Waals surface area (Å²) in [6, 6.07) is 15.2. The smallest absolute Gasteiger partial charge is 0.254 e. The molecule has 2 amide bonds. The van der Waals surface area contributed by atoms with Crippen LogP contribution in [0.15, 0.2) is 60.8 Å². The van der Waals surface area contributed by atoms with Gasteiger partial charge in [-0.1, -0.05) is 41.9 Å². The number of hydrogen-bond acceptors (Lipinski definition) is 3. The fourth-order valence-electron chi connectivity index (χ4n) is 2.60. The Morgan fingerprint density at radius 2 is 1.80 bits per heavy atom. The van der Waals surface area contributed by atoms with Crippen LogP contribution in [0, 0.1) is 0 Å².